The van der Waals surface area contributed by atoms with Crippen LogP contribution in [-0.4, -0.2) is 24.9 Å². The number of carbonyl (C=O) groups excluding carboxylic acids is 2. The molecule has 0 unspecified atom stereocenters. The summed E-state index contributed by atoms with van der Waals surface area (Å²) in [5.74, 6) is -0.554. The summed E-state index contributed by atoms with van der Waals surface area (Å²) in [6, 6.07) is 38.3. The van der Waals surface area contributed by atoms with Gasteiger partial charge in [0, 0.05) is 40.7 Å². The minimum atomic E-state index is -0.277. The van der Waals surface area contributed by atoms with Crippen molar-refractivity contribution < 1.29 is 9.59 Å². The topological polar surface area (TPSA) is 40.6 Å². The normalized spacial score (nSPS) is 15.6. The molecule has 2 aliphatic rings. The van der Waals surface area contributed by atoms with Crippen molar-refractivity contribution in [1.29, 1.82) is 0 Å². The van der Waals surface area contributed by atoms with E-state index < -0.39 is 0 Å². The molecule has 0 aromatic heterocycles. The van der Waals surface area contributed by atoms with Gasteiger partial charge in [-0.1, -0.05) is 84.9 Å². The van der Waals surface area contributed by atoms with Crippen LogP contribution in [0, 0.1) is 0 Å². The predicted octanol–water partition coefficient (Wildman–Crippen LogP) is 8.61. The number of piperidine rings is 1. The van der Waals surface area contributed by atoms with Gasteiger partial charge in [-0.25, -0.2) is 4.90 Å². The lowest BCUT2D eigenvalue weighted by molar-refractivity contribution is 0.0893. The minimum absolute atomic E-state index is 0.277. The molecule has 5 aromatic carbocycles. The van der Waals surface area contributed by atoms with Gasteiger partial charge in [0.15, 0.2) is 0 Å². The summed E-state index contributed by atoms with van der Waals surface area (Å²) >= 11 is 0. The third-order valence-electron chi connectivity index (χ3n) is 8.64. The number of allylic oxidation sites excluding steroid dienone is 1. The molecule has 0 spiro atoms. The Morgan fingerprint density at radius 3 is 1.83 bits per heavy atom. The molecule has 206 valence electrons. The van der Waals surface area contributed by atoms with Crippen LogP contribution in [0.5, 0.6) is 0 Å². The predicted molar refractivity (Wildman–Crippen MR) is 172 cm³/mol. The molecule has 0 saturated carbocycles. The lowest BCUT2D eigenvalue weighted by atomic mass is 9.90. The van der Waals surface area contributed by atoms with Crippen LogP contribution >= 0.6 is 0 Å². The van der Waals surface area contributed by atoms with Gasteiger partial charge in [0.2, 0.25) is 0 Å². The zero-order chi connectivity index (χ0) is 28.6. The van der Waals surface area contributed by atoms with Crippen molar-refractivity contribution in [2.45, 2.75) is 26.2 Å². The second-order valence-corrected chi connectivity index (χ2v) is 11.1. The van der Waals surface area contributed by atoms with Crippen molar-refractivity contribution >= 4 is 45.1 Å². The highest BCUT2D eigenvalue weighted by atomic mass is 16.2. The lowest BCUT2D eigenvalue weighted by Gasteiger charge is -2.32. The van der Waals surface area contributed by atoms with E-state index in [0.717, 1.165) is 70.2 Å². The third-order valence-corrected chi connectivity index (χ3v) is 8.64. The monoisotopic (exact) mass is 548 g/mol. The van der Waals surface area contributed by atoms with Crippen molar-refractivity contribution in [2.24, 2.45) is 0 Å². The zero-order valence-corrected chi connectivity index (χ0v) is 23.7. The smallest absolute Gasteiger partial charge is 0.265 e. The van der Waals surface area contributed by atoms with Crippen LogP contribution in [0.15, 0.2) is 115 Å². The summed E-state index contributed by atoms with van der Waals surface area (Å²) in [5.41, 5.74) is 8.40. The van der Waals surface area contributed by atoms with E-state index in [1.54, 1.807) is 0 Å². The molecule has 0 radical (unpaired) electrons. The number of imide groups is 1. The number of anilines is 2. The van der Waals surface area contributed by atoms with Gasteiger partial charge in [-0.05, 0) is 84.4 Å². The highest BCUT2D eigenvalue weighted by Crippen LogP contribution is 2.39. The van der Waals surface area contributed by atoms with E-state index in [1.807, 2.05) is 84.9 Å². The molecule has 0 bridgehead atoms. The minimum Gasteiger partial charge on any atom is -0.371 e. The first kappa shape index (κ1) is 26.0. The van der Waals surface area contributed by atoms with E-state index in [4.69, 9.17) is 0 Å². The number of nitrogens with zero attached hydrogens (tertiary/aromatic N) is 2. The Morgan fingerprint density at radius 1 is 0.571 bits per heavy atom. The fraction of sp³-hybridized carbons (Fsp3) is 0.158. The molecular formula is C38H32N2O2. The fourth-order valence-electron chi connectivity index (χ4n) is 6.54. The van der Waals surface area contributed by atoms with Crippen LogP contribution in [0.1, 0.15) is 63.6 Å². The summed E-state index contributed by atoms with van der Waals surface area (Å²) in [7, 11) is 0. The molecule has 7 rings (SSSR count). The van der Waals surface area contributed by atoms with Crippen molar-refractivity contribution in [3.05, 3.63) is 143 Å². The molecular weight excluding hydrogens is 516 g/mol. The summed E-state index contributed by atoms with van der Waals surface area (Å²) < 4.78 is 0. The fourth-order valence-corrected chi connectivity index (χ4v) is 6.54. The van der Waals surface area contributed by atoms with Crippen LogP contribution in [0.2, 0.25) is 0 Å². The number of benzene rings is 5. The SMILES string of the molecule is C/C(=C(/c1ccccc1)c1ccc(N2C(=O)c3cccc4c(N5CCCCC5)ccc(c34)C2=O)cc1)c1ccccc1. The Bertz CT molecular complexity index is 1810. The van der Waals surface area contributed by atoms with Gasteiger partial charge in [0.05, 0.1) is 5.69 Å². The second kappa shape index (κ2) is 10.8. The average Bonchev–Trinajstić information content (AvgIpc) is 3.05. The maximum atomic E-state index is 13.9. The lowest BCUT2D eigenvalue weighted by Crippen LogP contribution is -2.40. The molecule has 1 fully saturated rings. The van der Waals surface area contributed by atoms with Gasteiger partial charge < -0.3 is 4.90 Å². The van der Waals surface area contributed by atoms with Crippen molar-refractivity contribution in [3.8, 4) is 0 Å². The molecule has 0 aliphatic carbocycles. The van der Waals surface area contributed by atoms with E-state index in [1.165, 1.54) is 11.3 Å². The van der Waals surface area contributed by atoms with Gasteiger partial charge >= 0.3 is 0 Å². The van der Waals surface area contributed by atoms with Crippen LogP contribution in [-0.2, 0) is 0 Å². The number of hydrogen-bond acceptors (Lipinski definition) is 3. The van der Waals surface area contributed by atoms with E-state index >= 15 is 0 Å². The number of hydrogen-bond donors (Lipinski definition) is 0. The second-order valence-electron chi connectivity index (χ2n) is 11.1. The van der Waals surface area contributed by atoms with E-state index in [9.17, 15) is 9.59 Å². The van der Waals surface area contributed by atoms with Crippen molar-refractivity contribution in [2.75, 3.05) is 22.9 Å². The third kappa shape index (κ3) is 4.40. The first-order valence-electron chi connectivity index (χ1n) is 14.7. The molecule has 0 N–H and O–H groups in total. The molecule has 2 heterocycles. The van der Waals surface area contributed by atoms with E-state index in [-0.39, 0.29) is 11.8 Å². The van der Waals surface area contributed by atoms with Gasteiger partial charge in [-0.3, -0.25) is 9.59 Å². The molecule has 0 atom stereocenters. The molecule has 4 heteroatoms. The Morgan fingerprint density at radius 2 is 1.17 bits per heavy atom. The number of rotatable bonds is 5. The van der Waals surface area contributed by atoms with Crippen LogP contribution in [0.4, 0.5) is 11.4 Å². The van der Waals surface area contributed by atoms with Crippen LogP contribution < -0.4 is 9.80 Å². The zero-order valence-electron chi connectivity index (χ0n) is 23.7. The van der Waals surface area contributed by atoms with Crippen molar-refractivity contribution in [1.82, 2.24) is 0 Å². The Labute approximate surface area is 246 Å². The molecule has 42 heavy (non-hydrogen) atoms. The maximum Gasteiger partial charge on any atom is 0.265 e. The molecule has 5 aromatic rings. The molecule has 1 saturated heterocycles. The highest BCUT2D eigenvalue weighted by molar-refractivity contribution is 6.36. The highest BCUT2D eigenvalue weighted by Gasteiger charge is 2.35. The Balaban J connectivity index is 1.28. The number of carbonyl (C=O) groups is 2. The molecule has 2 aliphatic heterocycles. The largest absolute Gasteiger partial charge is 0.371 e. The summed E-state index contributed by atoms with van der Waals surface area (Å²) in [4.78, 5) is 31.6. The molecule has 2 amide bonds. The quantitative estimate of drug-likeness (QED) is 0.163. The standard InChI is InChI=1S/C38H32N2O2/c1-26(27-12-5-2-6-13-27)35(28-14-7-3-8-15-28)29-18-20-30(21-19-29)40-37(41)32-17-11-16-31-34(39-24-9-4-10-25-39)23-22-33(36(31)32)38(40)42/h2-3,5-8,11-23H,4,9-10,24-25H2,1H3/b35-26+. The maximum absolute atomic E-state index is 13.9. The van der Waals surface area contributed by atoms with Gasteiger partial charge in [0.1, 0.15) is 0 Å². The van der Waals surface area contributed by atoms with E-state index in [2.05, 4.69) is 42.2 Å². The van der Waals surface area contributed by atoms with Crippen molar-refractivity contribution in [3.63, 3.8) is 0 Å². The van der Waals surface area contributed by atoms with Gasteiger partial charge in [-0.15, -0.1) is 0 Å². The van der Waals surface area contributed by atoms with E-state index in [0.29, 0.717) is 16.8 Å². The summed E-state index contributed by atoms with van der Waals surface area (Å²) in [6.45, 7) is 4.14. The first-order valence-corrected chi connectivity index (χ1v) is 14.7. The average molecular weight is 549 g/mol. The van der Waals surface area contributed by atoms with Gasteiger partial charge in [-0.2, -0.15) is 0 Å². The molecule has 4 nitrogen and oxygen atoms in total. The Hall–Kier alpha value is -4.96. The summed E-state index contributed by atoms with van der Waals surface area (Å²) in [5, 5.41) is 1.76. The summed E-state index contributed by atoms with van der Waals surface area (Å²) in [6.07, 6.45) is 3.57. The van der Waals surface area contributed by atoms with Gasteiger partial charge in [0.25, 0.3) is 11.8 Å². The first-order chi connectivity index (χ1) is 20.6. The Kier molecular flexibility index (Phi) is 6.67. The number of amides is 2. The van der Waals surface area contributed by atoms with Crippen LogP contribution in [0.3, 0.4) is 0 Å². The van der Waals surface area contributed by atoms with Crippen LogP contribution in [0.25, 0.3) is 21.9 Å².